The molecule has 6 heteroatoms. The number of thiazole rings is 1. The molecule has 0 radical (unpaired) electrons. The fourth-order valence-corrected chi connectivity index (χ4v) is 4.52. The van der Waals surface area contributed by atoms with E-state index in [4.69, 9.17) is 10.1 Å². The predicted octanol–water partition coefficient (Wildman–Crippen LogP) is 5.79. The molecule has 4 nitrogen and oxygen atoms in total. The molecule has 0 amide bonds. The van der Waals surface area contributed by atoms with Gasteiger partial charge in [0.2, 0.25) is 4.80 Å². The fraction of sp³-hybridized carbons (Fsp3) is 0.136. The van der Waals surface area contributed by atoms with Crippen LogP contribution >= 0.6 is 22.7 Å². The zero-order valence-corrected chi connectivity index (χ0v) is 17.6. The molecule has 0 saturated heterocycles. The summed E-state index contributed by atoms with van der Waals surface area (Å²) in [6.07, 6.45) is 3.60. The SMILES string of the molecule is CC(=Nn1c(-c2cccs2)csc1=Nc1ccc(C)cc1C)c1cccnc1. The molecule has 140 valence electrons. The molecule has 28 heavy (non-hydrogen) atoms. The van der Waals surface area contributed by atoms with Crippen molar-refractivity contribution in [3.63, 3.8) is 0 Å². The average Bonchev–Trinajstić information content (AvgIpc) is 3.35. The van der Waals surface area contributed by atoms with Crippen molar-refractivity contribution in [1.29, 1.82) is 0 Å². The van der Waals surface area contributed by atoms with Crippen molar-refractivity contribution < 1.29 is 0 Å². The van der Waals surface area contributed by atoms with Crippen LogP contribution in [0.25, 0.3) is 10.6 Å². The Labute approximate surface area is 172 Å². The minimum absolute atomic E-state index is 0.846. The zero-order chi connectivity index (χ0) is 19.5. The van der Waals surface area contributed by atoms with Gasteiger partial charge in [-0.05, 0) is 49.9 Å². The number of hydrogen-bond acceptors (Lipinski definition) is 5. The highest BCUT2D eigenvalue weighted by atomic mass is 32.1. The van der Waals surface area contributed by atoms with Crippen LogP contribution in [0.2, 0.25) is 0 Å². The van der Waals surface area contributed by atoms with Gasteiger partial charge in [-0.2, -0.15) is 5.10 Å². The number of benzene rings is 1. The van der Waals surface area contributed by atoms with E-state index in [9.17, 15) is 0 Å². The number of hydrogen-bond donors (Lipinski definition) is 0. The number of aromatic nitrogens is 2. The van der Waals surface area contributed by atoms with Crippen molar-refractivity contribution in [3.05, 3.63) is 87.1 Å². The summed E-state index contributed by atoms with van der Waals surface area (Å²) in [5, 5.41) is 9.10. The van der Waals surface area contributed by atoms with Gasteiger partial charge in [0.15, 0.2) is 0 Å². The van der Waals surface area contributed by atoms with Crippen LogP contribution in [-0.4, -0.2) is 15.4 Å². The second-order valence-corrected chi connectivity index (χ2v) is 8.31. The van der Waals surface area contributed by atoms with Gasteiger partial charge < -0.3 is 0 Å². The third-order valence-electron chi connectivity index (χ3n) is 4.36. The lowest BCUT2D eigenvalue weighted by Gasteiger charge is -2.05. The molecule has 0 spiro atoms. The smallest absolute Gasteiger partial charge is 0.211 e. The van der Waals surface area contributed by atoms with E-state index >= 15 is 0 Å². The molecule has 3 heterocycles. The third-order valence-corrected chi connectivity index (χ3v) is 6.07. The van der Waals surface area contributed by atoms with E-state index in [0.29, 0.717) is 0 Å². The maximum Gasteiger partial charge on any atom is 0.211 e. The summed E-state index contributed by atoms with van der Waals surface area (Å²) in [5.74, 6) is 0. The van der Waals surface area contributed by atoms with E-state index in [-0.39, 0.29) is 0 Å². The van der Waals surface area contributed by atoms with Crippen LogP contribution in [0.15, 0.2) is 75.7 Å². The van der Waals surface area contributed by atoms with Gasteiger partial charge in [-0.15, -0.1) is 22.7 Å². The van der Waals surface area contributed by atoms with Gasteiger partial charge in [-0.3, -0.25) is 4.98 Å². The van der Waals surface area contributed by atoms with Gasteiger partial charge >= 0.3 is 0 Å². The van der Waals surface area contributed by atoms with Crippen molar-refractivity contribution in [3.8, 4) is 10.6 Å². The maximum absolute atomic E-state index is 4.92. The summed E-state index contributed by atoms with van der Waals surface area (Å²) in [6, 6.07) is 14.4. The first-order valence-electron chi connectivity index (χ1n) is 8.94. The summed E-state index contributed by atoms with van der Waals surface area (Å²) >= 11 is 3.30. The van der Waals surface area contributed by atoms with Crippen molar-refractivity contribution in [2.24, 2.45) is 10.1 Å². The Hall–Kier alpha value is -2.83. The highest BCUT2D eigenvalue weighted by Crippen LogP contribution is 2.26. The van der Waals surface area contributed by atoms with Crippen LogP contribution in [0.5, 0.6) is 0 Å². The molecular weight excluding hydrogens is 384 g/mol. The van der Waals surface area contributed by atoms with Gasteiger partial charge in [0, 0.05) is 23.3 Å². The zero-order valence-electron chi connectivity index (χ0n) is 16.0. The van der Waals surface area contributed by atoms with Crippen molar-refractivity contribution in [2.45, 2.75) is 20.8 Å². The number of nitrogens with zero attached hydrogens (tertiary/aromatic N) is 4. The largest absolute Gasteiger partial charge is 0.264 e. The molecule has 0 unspecified atom stereocenters. The van der Waals surface area contributed by atoms with Crippen molar-refractivity contribution in [2.75, 3.05) is 0 Å². The number of pyridine rings is 1. The molecule has 0 bridgehead atoms. The summed E-state index contributed by atoms with van der Waals surface area (Å²) in [7, 11) is 0. The van der Waals surface area contributed by atoms with Crippen LogP contribution in [0.3, 0.4) is 0 Å². The molecule has 0 N–H and O–H groups in total. The van der Waals surface area contributed by atoms with E-state index in [1.807, 2.05) is 29.9 Å². The lowest BCUT2D eigenvalue weighted by Crippen LogP contribution is -2.13. The van der Waals surface area contributed by atoms with Crippen LogP contribution in [0, 0.1) is 13.8 Å². The van der Waals surface area contributed by atoms with Gasteiger partial charge in [0.05, 0.1) is 22.0 Å². The molecule has 0 aliphatic rings. The topological polar surface area (TPSA) is 42.5 Å². The highest BCUT2D eigenvalue weighted by Gasteiger charge is 2.10. The minimum atomic E-state index is 0.846. The molecule has 0 fully saturated rings. The van der Waals surface area contributed by atoms with E-state index in [0.717, 1.165) is 33.0 Å². The molecule has 0 aliphatic heterocycles. The maximum atomic E-state index is 4.92. The first-order valence-corrected chi connectivity index (χ1v) is 10.7. The Bertz CT molecular complexity index is 1180. The van der Waals surface area contributed by atoms with E-state index in [1.54, 1.807) is 28.9 Å². The molecule has 0 aliphatic carbocycles. The Morgan fingerprint density at radius 3 is 2.68 bits per heavy atom. The van der Waals surface area contributed by atoms with Gasteiger partial charge in [-0.25, -0.2) is 9.67 Å². The summed E-state index contributed by atoms with van der Waals surface area (Å²) in [4.78, 5) is 11.1. The number of aryl methyl sites for hydroxylation is 2. The van der Waals surface area contributed by atoms with Gasteiger partial charge in [0.1, 0.15) is 0 Å². The van der Waals surface area contributed by atoms with Crippen molar-refractivity contribution >= 4 is 34.1 Å². The average molecular weight is 405 g/mol. The van der Waals surface area contributed by atoms with Gasteiger partial charge in [0.25, 0.3) is 0 Å². The van der Waals surface area contributed by atoms with Gasteiger partial charge in [-0.1, -0.05) is 29.8 Å². The van der Waals surface area contributed by atoms with Crippen LogP contribution < -0.4 is 4.80 Å². The van der Waals surface area contributed by atoms with Crippen LogP contribution in [-0.2, 0) is 0 Å². The molecule has 0 atom stereocenters. The highest BCUT2D eigenvalue weighted by molar-refractivity contribution is 7.14. The quantitative estimate of drug-likeness (QED) is 0.397. The third kappa shape index (κ3) is 3.88. The number of thiophene rings is 1. The van der Waals surface area contributed by atoms with Crippen LogP contribution in [0.4, 0.5) is 5.69 Å². The fourth-order valence-electron chi connectivity index (χ4n) is 2.89. The van der Waals surface area contributed by atoms with E-state index in [2.05, 4.69) is 59.9 Å². The standard InChI is InChI=1S/C22H20N4S2/c1-15-8-9-19(16(2)12-15)24-22-26(20(14-28-22)21-7-5-11-27-21)25-17(3)18-6-4-10-23-13-18/h4-14H,1-3H3. The molecule has 4 aromatic rings. The molecular formula is C22H20N4S2. The van der Waals surface area contributed by atoms with Crippen molar-refractivity contribution in [1.82, 2.24) is 9.66 Å². The summed E-state index contributed by atoms with van der Waals surface area (Å²) < 4.78 is 1.94. The summed E-state index contributed by atoms with van der Waals surface area (Å²) in [6.45, 7) is 6.19. The lowest BCUT2D eigenvalue weighted by atomic mass is 10.1. The first kappa shape index (κ1) is 18.5. The minimum Gasteiger partial charge on any atom is -0.264 e. The Kier molecular flexibility index (Phi) is 5.32. The molecule has 3 aromatic heterocycles. The summed E-state index contributed by atoms with van der Waals surface area (Å²) in [5.41, 5.74) is 6.30. The molecule has 0 saturated carbocycles. The molecule has 1 aromatic carbocycles. The number of rotatable bonds is 4. The van der Waals surface area contributed by atoms with E-state index in [1.165, 1.54) is 10.4 Å². The Morgan fingerprint density at radius 1 is 1.07 bits per heavy atom. The van der Waals surface area contributed by atoms with E-state index < -0.39 is 0 Å². The predicted molar refractivity (Wildman–Crippen MR) is 119 cm³/mol. The normalized spacial score (nSPS) is 12.5. The lowest BCUT2D eigenvalue weighted by molar-refractivity contribution is 0.849. The monoisotopic (exact) mass is 404 g/mol. The van der Waals surface area contributed by atoms with Crippen LogP contribution in [0.1, 0.15) is 23.6 Å². The second kappa shape index (κ2) is 8.04. The first-order chi connectivity index (χ1) is 13.6. The Morgan fingerprint density at radius 2 is 1.96 bits per heavy atom. The Balaban J connectivity index is 1.89. The second-order valence-electron chi connectivity index (χ2n) is 6.52. The molecule has 4 rings (SSSR count).